The second kappa shape index (κ2) is 3.31. The van der Waals surface area contributed by atoms with Gasteiger partial charge in [-0.15, -0.1) is 0 Å². The van der Waals surface area contributed by atoms with Crippen molar-refractivity contribution in [2.75, 3.05) is 6.26 Å². The fourth-order valence-corrected chi connectivity index (χ4v) is 1.41. The lowest BCUT2D eigenvalue weighted by molar-refractivity contribution is 0.562. The maximum Gasteiger partial charge on any atom is 0.153 e. The Morgan fingerprint density at radius 2 is 1.86 bits per heavy atom. The van der Waals surface area contributed by atoms with Crippen LogP contribution in [0.4, 0.5) is 0 Å². The predicted octanol–water partition coefficient (Wildman–Crippen LogP) is 1.81. The van der Waals surface area contributed by atoms with Crippen LogP contribution in [0.2, 0.25) is 0 Å². The van der Waals surface area contributed by atoms with E-state index in [0.29, 0.717) is 0 Å². The summed E-state index contributed by atoms with van der Waals surface area (Å²) >= 11 is 0. The molecule has 14 heavy (non-hydrogen) atoms. The second-order valence-corrected chi connectivity index (χ2v) is 6.44. The molecular weight excluding hydrogens is 198 g/mol. The molecule has 1 rings (SSSR count). The monoisotopic (exact) mass is 213 g/mol. The van der Waals surface area contributed by atoms with Crippen molar-refractivity contribution in [3.63, 3.8) is 0 Å². The maximum atomic E-state index is 11.3. The molecule has 0 bridgehead atoms. The highest BCUT2D eigenvalue weighted by atomic mass is 32.2. The molecule has 4 nitrogen and oxygen atoms in total. The lowest BCUT2D eigenvalue weighted by atomic mass is 9.93. The lowest BCUT2D eigenvalue weighted by Crippen LogP contribution is -2.14. The average molecular weight is 213 g/mol. The van der Waals surface area contributed by atoms with Gasteiger partial charge in [0.15, 0.2) is 5.03 Å². The minimum absolute atomic E-state index is 0.0673. The summed E-state index contributed by atoms with van der Waals surface area (Å²) in [6.07, 6.45) is 4.36. The third-order valence-electron chi connectivity index (χ3n) is 1.80. The van der Waals surface area contributed by atoms with E-state index in [4.69, 9.17) is 4.78 Å². The summed E-state index contributed by atoms with van der Waals surface area (Å²) in [4.78, 5) is 8.15. The highest BCUT2D eigenvalue weighted by Gasteiger charge is 2.16. The number of hydrogen-bond acceptors (Lipinski definition) is 4. The number of aromatic nitrogens is 2. The fourth-order valence-electron chi connectivity index (χ4n) is 0.905. The van der Waals surface area contributed by atoms with Crippen LogP contribution in [0.1, 0.15) is 26.5 Å². The van der Waals surface area contributed by atoms with Crippen molar-refractivity contribution < 1.29 is 4.21 Å². The molecule has 0 fully saturated rings. The third kappa shape index (κ3) is 2.51. The molecule has 0 spiro atoms. The lowest BCUT2D eigenvalue weighted by Gasteiger charge is -2.16. The van der Waals surface area contributed by atoms with Crippen LogP contribution in [0.25, 0.3) is 0 Å². The molecule has 5 heteroatoms. The van der Waals surface area contributed by atoms with E-state index < -0.39 is 9.73 Å². The minimum Gasteiger partial charge on any atom is -0.256 e. The molecule has 1 N–H and O–H groups in total. The van der Waals surface area contributed by atoms with Crippen molar-refractivity contribution >= 4 is 9.73 Å². The first-order valence-electron chi connectivity index (χ1n) is 4.27. The van der Waals surface area contributed by atoms with E-state index in [9.17, 15) is 4.21 Å². The first-order valence-corrected chi connectivity index (χ1v) is 6.24. The Kier molecular flexibility index (Phi) is 2.63. The molecule has 1 atom stereocenters. The summed E-state index contributed by atoms with van der Waals surface area (Å²) < 4.78 is 18.6. The van der Waals surface area contributed by atoms with Gasteiger partial charge in [0, 0.05) is 11.7 Å². The largest absolute Gasteiger partial charge is 0.256 e. The molecule has 0 aliphatic rings. The van der Waals surface area contributed by atoms with Crippen molar-refractivity contribution in [2.45, 2.75) is 31.2 Å². The van der Waals surface area contributed by atoms with E-state index in [-0.39, 0.29) is 10.4 Å². The Labute approximate surface area is 84.8 Å². The Hall–Kier alpha value is -0.970. The molecule has 0 aliphatic carbocycles. The predicted molar refractivity (Wildman–Crippen MR) is 55.8 cm³/mol. The molecule has 1 heterocycles. The molecule has 78 valence electrons. The van der Waals surface area contributed by atoms with E-state index in [0.717, 1.165) is 5.69 Å². The zero-order valence-electron chi connectivity index (χ0n) is 8.87. The fraction of sp³-hybridized carbons (Fsp3) is 0.556. The number of nitrogens with zero attached hydrogens (tertiary/aromatic N) is 2. The molecule has 0 saturated heterocycles. The summed E-state index contributed by atoms with van der Waals surface area (Å²) in [5.74, 6) is 0. The van der Waals surface area contributed by atoms with Crippen molar-refractivity contribution in [2.24, 2.45) is 0 Å². The number of hydrogen-bond donors (Lipinski definition) is 1. The molecule has 0 radical (unpaired) electrons. The van der Waals surface area contributed by atoms with Crippen LogP contribution in [0.5, 0.6) is 0 Å². The molecule has 0 saturated carbocycles. The van der Waals surface area contributed by atoms with Gasteiger partial charge in [-0.05, 0) is 0 Å². The molecule has 1 unspecified atom stereocenters. The van der Waals surface area contributed by atoms with Crippen LogP contribution in [-0.2, 0) is 15.1 Å². The normalized spacial score (nSPS) is 16.3. The van der Waals surface area contributed by atoms with Gasteiger partial charge in [-0.1, -0.05) is 20.8 Å². The van der Waals surface area contributed by atoms with Crippen LogP contribution < -0.4 is 0 Å². The van der Waals surface area contributed by atoms with E-state index in [1.54, 1.807) is 6.20 Å². The Morgan fingerprint density at radius 3 is 2.14 bits per heavy atom. The zero-order valence-corrected chi connectivity index (χ0v) is 9.68. The maximum absolute atomic E-state index is 11.3. The van der Waals surface area contributed by atoms with Gasteiger partial charge in [0.1, 0.15) is 0 Å². The van der Waals surface area contributed by atoms with Gasteiger partial charge in [-0.25, -0.2) is 14.0 Å². The van der Waals surface area contributed by atoms with Crippen molar-refractivity contribution in [3.8, 4) is 0 Å². The smallest absolute Gasteiger partial charge is 0.153 e. The molecule has 0 aromatic carbocycles. The summed E-state index contributed by atoms with van der Waals surface area (Å²) in [7, 11) is -2.74. The standard InChI is InChI=1S/C9H15N3OS/c1-9(2,3)7-5-12-8(6-11-7)14(4,10)13/h5-6,10H,1-4H3. The van der Waals surface area contributed by atoms with Gasteiger partial charge in [-0.2, -0.15) is 0 Å². The molecule has 0 amide bonds. The second-order valence-electron chi connectivity index (χ2n) is 4.33. The van der Waals surface area contributed by atoms with E-state index in [1.807, 2.05) is 20.8 Å². The van der Waals surface area contributed by atoms with Crippen LogP contribution >= 0.6 is 0 Å². The van der Waals surface area contributed by atoms with E-state index in [1.165, 1.54) is 12.5 Å². The summed E-state index contributed by atoms with van der Waals surface area (Å²) in [6, 6.07) is 0. The minimum atomic E-state index is -2.74. The molecule has 1 aromatic rings. The van der Waals surface area contributed by atoms with E-state index >= 15 is 0 Å². The Morgan fingerprint density at radius 1 is 1.29 bits per heavy atom. The number of nitrogens with one attached hydrogen (secondary N) is 1. The highest BCUT2D eigenvalue weighted by Crippen LogP contribution is 2.19. The first-order chi connectivity index (χ1) is 6.21. The van der Waals surface area contributed by atoms with Gasteiger partial charge in [-0.3, -0.25) is 4.98 Å². The van der Waals surface area contributed by atoms with Crippen LogP contribution in [0, 0.1) is 4.78 Å². The Bertz CT molecular complexity index is 414. The topological polar surface area (TPSA) is 66.7 Å². The summed E-state index contributed by atoms with van der Waals surface area (Å²) in [5.41, 5.74) is 0.771. The summed E-state index contributed by atoms with van der Waals surface area (Å²) in [6.45, 7) is 6.09. The van der Waals surface area contributed by atoms with Gasteiger partial charge in [0.2, 0.25) is 0 Å². The average Bonchev–Trinajstić information content (AvgIpc) is 2.01. The van der Waals surface area contributed by atoms with Crippen LogP contribution in [0.15, 0.2) is 17.4 Å². The van der Waals surface area contributed by atoms with Gasteiger partial charge in [0.25, 0.3) is 0 Å². The van der Waals surface area contributed by atoms with Crippen LogP contribution in [-0.4, -0.2) is 20.4 Å². The van der Waals surface area contributed by atoms with Crippen molar-refractivity contribution in [1.82, 2.24) is 9.97 Å². The van der Waals surface area contributed by atoms with Crippen molar-refractivity contribution in [3.05, 3.63) is 18.1 Å². The first kappa shape index (κ1) is 11.1. The van der Waals surface area contributed by atoms with Gasteiger partial charge >= 0.3 is 0 Å². The van der Waals surface area contributed by atoms with E-state index in [2.05, 4.69) is 9.97 Å². The highest BCUT2D eigenvalue weighted by molar-refractivity contribution is 7.91. The Balaban J connectivity index is 3.14. The quantitative estimate of drug-likeness (QED) is 0.773. The number of rotatable bonds is 1. The van der Waals surface area contributed by atoms with Crippen LogP contribution in [0.3, 0.4) is 0 Å². The molecule has 1 aromatic heterocycles. The van der Waals surface area contributed by atoms with Gasteiger partial charge in [0.05, 0.1) is 27.8 Å². The summed E-state index contributed by atoms with van der Waals surface area (Å²) in [5, 5.41) is 0.241. The molecular formula is C9H15N3OS. The SMILES string of the molecule is CC(C)(C)c1cnc(S(C)(=N)=O)cn1. The third-order valence-corrected chi connectivity index (χ3v) is 2.80. The van der Waals surface area contributed by atoms with Gasteiger partial charge < -0.3 is 0 Å². The van der Waals surface area contributed by atoms with Crippen molar-refractivity contribution in [1.29, 1.82) is 4.78 Å². The zero-order chi connectivity index (χ0) is 11.0. The molecule has 0 aliphatic heterocycles.